The predicted octanol–water partition coefficient (Wildman–Crippen LogP) is 2.47. The number of para-hydroxylation sites is 1. The van der Waals surface area contributed by atoms with Crippen LogP contribution < -0.4 is 15.4 Å². The van der Waals surface area contributed by atoms with Gasteiger partial charge in [0.1, 0.15) is 5.82 Å². The van der Waals surface area contributed by atoms with Gasteiger partial charge in [0.25, 0.3) is 0 Å². The van der Waals surface area contributed by atoms with Gasteiger partial charge in [-0.15, -0.1) is 0 Å². The first kappa shape index (κ1) is 18.4. The van der Waals surface area contributed by atoms with Crippen molar-refractivity contribution in [1.82, 2.24) is 9.97 Å². The fourth-order valence-corrected chi connectivity index (χ4v) is 3.82. The Morgan fingerprint density at radius 1 is 1.07 bits per heavy atom. The minimum atomic E-state index is -3.65. The molecule has 0 fully saturated rings. The summed E-state index contributed by atoms with van der Waals surface area (Å²) >= 11 is 0. The summed E-state index contributed by atoms with van der Waals surface area (Å²) in [5.41, 5.74) is 3.49. The van der Waals surface area contributed by atoms with E-state index in [1.807, 2.05) is 12.1 Å². The first-order chi connectivity index (χ1) is 13.5. The van der Waals surface area contributed by atoms with Gasteiger partial charge in [0.2, 0.25) is 16.0 Å². The summed E-state index contributed by atoms with van der Waals surface area (Å²) in [6.45, 7) is 1.54. The number of hydrogen-bond acceptors (Lipinski definition) is 6. The number of nitrogens with two attached hydrogens (primary N) is 1. The third-order valence-electron chi connectivity index (χ3n) is 4.74. The third kappa shape index (κ3) is 3.97. The summed E-state index contributed by atoms with van der Waals surface area (Å²) in [6.07, 6.45) is 3.48. The Balaban J connectivity index is 1.39. The van der Waals surface area contributed by atoms with Gasteiger partial charge in [-0.1, -0.05) is 30.3 Å². The molecule has 0 amide bonds. The number of primary sulfonamides is 1. The molecule has 1 aliphatic rings. The second kappa shape index (κ2) is 7.57. The lowest BCUT2D eigenvalue weighted by Gasteiger charge is -2.17. The first-order valence-corrected chi connectivity index (χ1v) is 10.6. The third-order valence-corrected chi connectivity index (χ3v) is 5.67. The number of nitrogens with zero attached hydrogens (tertiary/aromatic N) is 3. The van der Waals surface area contributed by atoms with Gasteiger partial charge in [-0.25, -0.2) is 18.5 Å². The zero-order valence-electron chi connectivity index (χ0n) is 15.2. The van der Waals surface area contributed by atoms with Crippen molar-refractivity contribution in [2.24, 2.45) is 5.14 Å². The van der Waals surface area contributed by atoms with Crippen molar-refractivity contribution in [2.75, 3.05) is 23.3 Å². The van der Waals surface area contributed by atoms with E-state index in [0.29, 0.717) is 12.5 Å². The molecule has 4 rings (SSSR count). The summed E-state index contributed by atoms with van der Waals surface area (Å²) in [5, 5.41) is 8.43. The number of nitrogens with one attached hydrogen (secondary N) is 1. The number of benzene rings is 2. The summed E-state index contributed by atoms with van der Waals surface area (Å²) in [5.74, 6) is 1.45. The molecule has 3 aromatic rings. The van der Waals surface area contributed by atoms with E-state index in [9.17, 15) is 8.42 Å². The van der Waals surface area contributed by atoms with E-state index in [1.165, 1.54) is 17.7 Å². The highest BCUT2D eigenvalue weighted by molar-refractivity contribution is 7.89. The Morgan fingerprint density at radius 2 is 1.86 bits per heavy atom. The van der Waals surface area contributed by atoms with Gasteiger partial charge in [-0.05, 0) is 48.2 Å². The molecule has 8 heteroatoms. The number of hydrogen-bond donors (Lipinski definition) is 2. The number of sulfonamides is 1. The molecule has 2 aromatic carbocycles. The highest BCUT2D eigenvalue weighted by atomic mass is 32.2. The lowest BCUT2D eigenvalue weighted by molar-refractivity contribution is 0.598. The Labute approximate surface area is 164 Å². The molecule has 7 nitrogen and oxygen atoms in total. The molecule has 0 atom stereocenters. The van der Waals surface area contributed by atoms with E-state index >= 15 is 0 Å². The minimum absolute atomic E-state index is 0.121. The van der Waals surface area contributed by atoms with Crippen LogP contribution in [0.5, 0.6) is 0 Å². The summed E-state index contributed by atoms with van der Waals surface area (Å²) < 4.78 is 22.6. The second-order valence-electron chi connectivity index (χ2n) is 6.64. The van der Waals surface area contributed by atoms with Crippen molar-refractivity contribution >= 4 is 27.5 Å². The lowest BCUT2D eigenvalue weighted by Crippen LogP contribution is -2.17. The van der Waals surface area contributed by atoms with Crippen molar-refractivity contribution in [3.8, 4) is 0 Å². The Kier molecular flexibility index (Phi) is 4.97. The van der Waals surface area contributed by atoms with Crippen LogP contribution in [0.15, 0.2) is 65.7 Å². The first-order valence-electron chi connectivity index (χ1n) is 9.05. The van der Waals surface area contributed by atoms with Crippen molar-refractivity contribution in [2.45, 2.75) is 17.7 Å². The largest absolute Gasteiger partial charge is 0.370 e. The highest BCUT2D eigenvalue weighted by Crippen LogP contribution is 2.32. The zero-order chi connectivity index (χ0) is 19.6. The van der Waals surface area contributed by atoms with E-state index in [4.69, 9.17) is 5.14 Å². The van der Waals surface area contributed by atoms with E-state index in [-0.39, 0.29) is 4.90 Å². The van der Waals surface area contributed by atoms with Gasteiger partial charge in [0.05, 0.1) is 4.90 Å². The minimum Gasteiger partial charge on any atom is -0.370 e. The second-order valence-corrected chi connectivity index (χ2v) is 8.20. The molecule has 144 valence electrons. The number of anilines is 3. The molecule has 2 heterocycles. The fourth-order valence-electron chi connectivity index (χ4n) is 3.30. The summed E-state index contributed by atoms with van der Waals surface area (Å²) in [7, 11) is -3.65. The monoisotopic (exact) mass is 395 g/mol. The quantitative estimate of drug-likeness (QED) is 0.665. The zero-order valence-corrected chi connectivity index (χ0v) is 16.1. The van der Waals surface area contributed by atoms with Crippen LogP contribution in [0.2, 0.25) is 0 Å². The molecule has 0 unspecified atom stereocenters. The van der Waals surface area contributed by atoms with Crippen molar-refractivity contribution in [1.29, 1.82) is 0 Å². The van der Waals surface area contributed by atoms with Crippen LogP contribution in [-0.4, -0.2) is 31.5 Å². The maximum atomic E-state index is 11.3. The maximum Gasteiger partial charge on any atom is 0.238 e. The van der Waals surface area contributed by atoms with E-state index < -0.39 is 10.0 Å². The Hall–Kier alpha value is -2.97. The standard InChI is InChI=1S/C20H21N5O2S/c21-28(26,27)17-7-5-15(6-8-17)9-12-22-19-10-13-23-20(24-19)25-14-11-16-3-1-2-4-18(16)25/h1-8,10,13H,9,11-12,14H2,(H2,21,26,27)(H,22,23,24). The van der Waals surface area contributed by atoms with Crippen molar-refractivity contribution < 1.29 is 8.42 Å². The summed E-state index contributed by atoms with van der Waals surface area (Å²) in [6, 6.07) is 16.8. The molecular weight excluding hydrogens is 374 g/mol. The van der Waals surface area contributed by atoms with Gasteiger partial charge in [-0.2, -0.15) is 4.98 Å². The van der Waals surface area contributed by atoms with Gasteiger partial charge in [0.15, 0.2) is 0 Å². The predicted molar refractivity (Wildman–Crippen MR) is 109 cm³/mol. The highest BCUT2D eigenvalue weighted by Gasteiger charge is 2.21. The molecule has 0 aliphatic carbocycles. The van der Waals surface area contributed by atoms with Gasteiger partial charge in [-0.3, -0.25) is 0 Å². The fraction of sp³-hybridized carbons (Fsp3) is 0.200. The van der Waals surface area contributed by atoms with Crippen LogP contribution in [0, 0.1) is 0 Å². The van der Waals surface area contributed by atoms with Crippen LogP contribution in [0.1, 0.15) is 11.1 Å². The summed E-state index contributed by atoms with van der Waals surface area (Å²) in [4.78, 5) is 11.3. The van der Waals surface area contributed by atoms with E-state index in [2.05, 4.69) is 38.4 Å². The Morgan fingerprint density at radius 3 is 2.64 bits per heavy atom. The van der Waals surface area contributed by atoms with Crippen molar-refractivity contribution in [3.05, 3.63) is 71.9 Å². The average molecular weight is 395 g/mol. The topological polar surface area (TPSA) is 101 Å². The molecule has 0 spiro atoms. The number of aromatic nitrogens is 2. The number of rotatable bonds is 6. The molecule has 0 radical (unpaired) electrons. The molecule has 0 bridgehead atoms. The Bertz CT molecular complexity index is 1080. The smallest absolute Gasteiger partial charge is 0.238 e. The van der Waals surface area contributed by atoms with Crippen LogP contribution in [-0.2, 0) is 22.9 Å². The molecule has 3 N–H and O–H groups in total. The van der Waals surface area contributed by atoms with Gasteiger partial charge in [0, 0.05) is 25.0 Å². The van der Waals surface area contributed by atoms with Crippen molar-refractivity contribution in [3.63, 3.8) is 0 Å². The molecule has 0 saturated heterocycles. The molecule has 28 heavy (non-hydrogen) atoms. The van der Waals surface area contributed by atoms with Gasteiger partial charge >= 0.3 is 0 Å². The van der Waals surface area contributed by atoms with Gasteiger partial charge < -0.3 is 10.2 Å². The molecule has 1 aliphatic heterocycles. The SMILES string of the molecule is NS(=O)(=O)c1ccc(CCNc2ccnc(N3CCc4ccccc43)n2)cc1. The molecule has 0 saturated carbocycles. The van der Waals surface area contributed by atoms with E-state index in [1.54, 1.807) is 18.3 Å². The molecule has 1 aromatic heterocycles. The lowest BCUT2D eigenvalue weighted by atomic mass is 10.1. The number of fused-ring (bicyclic) bond motifs is 1. The maximum absolute atomic E-state index is 11.3. The van der Waals surface area contributed by atoms with Crippen LogP contribution in [0.3, 0.4) is 0 Å². The van der Waals surface area contributed by atoms with Crippen LogP contribution >= 0.6 is 0 Å². The van der Waals surface area contributed by atoms with Crippen LogP contribution in [0.4, 0.5) is 17.5 Å². The molecular formula is C20H21N5O2S. The average Bonchev–Trinajstić information content (AvgIpc) is 3.12. The van der Waals surface area contributed by atoms with E-state index in [0.717, 1.165) is 36.5 Å². The van der Waals surface area contributed by atoms with Crippen LogP contribution in [0.25, 0.3) is 0 Å². The normalized spacial score (nSPS) is 13.4.